The van der Waals surface area contributed by atoms with Gasteiger partial charge in [-0.2, -0.15) is 0 Å². The minimum atomic E-state index is -0.155. The molecule has 1 heterocycles. The predicted octanol–water partition coefficient (Wildman–Crippen LogP) is 16.6. The normalized spacial score (nSPS) is 15.6. The largest absolute Gasteiger partial charge is 0.313 e. The van der Waals surface area contributed by atoms with Crippen LogP contribution in [-0.2, 0) is 17.3 Å². The van der Waals surface area contributed by atoms with E-state index in [4.69, 9.17) is 0 Å². The van der Waals surface area contributed by atoms with Crippen molar-refractivity contribution in [1.29, 1.82) is 0 Å². The highest BCUT2D eigenvalue weighted by Crippen LogP contribution is 2.54. The molecule has 306 valence electrons. The Kier molecular flexibility index (Phi) is 9.24. The van der Waals surface area contributed by atoms with Crippen molar-refractivity contribution in [2.75, 3.05) is 4.90 Å². The van der Waals surface area contributed by atoms with Crippen molar-refractivity contribution in [1.82, 2.24) is 4.57 Å². The first-order valence-corrected chi connectivity index (χ1v) is 22.5. The quantitative estimate of drug-likeness (QED) is 0.156. The molecule has 0 aliphatic heterocycles. The Morgan fingerprint density at radius 2 is 0.952 bits per heavy atom. The lowest BCUT2D eigenvalue weighted by Crippen LogP contribution is -2.27. The predicted molar refractivity (Wildman–Crippen MR) is 268 cm³/mol. The standard InChI is InChI=1S/C61H52N2/c1-41(62-58-22-14-12-20-52(58)53-21-13-15-23-59(53)62)24-30-47-31-25-46-38-56-54(40-55(46)60(47,2)3)51-37-36-50(39-57(51)61(56,4)5)63(48-32-26-44(27-33-48)42-16-8-6-9-17-42)49-34-28-45(29-35-49)43-18-10-7-11-19-43/h6-24,26-30,32-40H,25,31H2,1-5H3/b41-24+,47-30+. The molecule has 0 unspecified atom stereocenters. The first-order valence-electron chi connectivity index (χ1n) is 22.5. The van der Waals surface area contributed by atoms with Crippen molar-refractivity contribution in [2.45, 2.75) is 58.3 Å². The van der Waals surface area contributed by atoms with E-state index in [0.29, 0.717) is 0 Å². The van der Waals surface area contributed by atoms with Crippen LogP contribution in [0.1, 0.15) is 63.3 Å². The van der Waals surface area contributed by atoms with Crippen LogP contribution in [0, 0.1) is 0 Å². The van der Waals surface area contributed by atoms with E-state index in [0.717, 1.165) is 29.9 Å². The van der Waals surface area contributed by atoms with Gasteiger partial charge in [-0.15, -0.1) is 0 Å². The van der Waals surface area contributed by atoms with Gasteiger partial charge in [-0.1, -0.05) is 173 Å². The van der Waals surface area contributed by atoms with Crippen LogP contribution in [0.15, 0.2) is 206 Å². The second kappa shape index (κ2) is 15.0. The molecule has 1 aromatic heterocycles. The van der Waals surface area contributed by atoms with Crippen LogP contribution >= 0.6 is 0 Å². The Morgan fingerprint density at radius 1 is 0.460 bits per heavy atom. The summed E-state index contributed by atoms with van der Waals surface area (Å²) >= 11 is 0. The molecule has 0 spiro atoms. The summed E-state index contributed by atoms with van der Waals surface area (Å²) in [6.45, 7) is 12.0. The number of aromatic nitrogens is 1. The van der Waals surface area contributed by atoms with Gasteiger partial charge in [0.05, 0.1) is 11.0 Å². The van der Waals surface area contributed by atoms with E-state index in [1.54, 1.807) is 0 Å². The second-order valence-electron chi connectivity index (χ2n) is 18.6. The minimum Gasteiger partial charge on any atom is -0.313 e. The minimum absolute atomic E-state index is 0.109. The van der Waals surface area contributed by atoms with Gasteiger partial charge in [0, 0.05) is 44.4 Å². The Morgan fingerprint density at radius 3 is 1.52 bits per heavy atom. The molecule has 0 amide bonds. The molecule has 0 bridgehead atoms. The van der Waals surface area contributed by atoms with Gasteiger partial charge in [-0.05, 0) is 136 Å². The van der Waals surface area contributed by atoms with Crippen molar-refractivity contribution >= 4 is 44.6 Å². The number of rotatable bonds is 7. The highest BCUT2D eigenvalue weighted by atomic mass is 15.1. The molecular weight excluding hydrogens is 761 g/mol. The highest BCUT2D eigenvalue weighted by molar-refractivity contribution is 6.10. The third-order valence-corrected chi connectivity index (χ3v) is 14.2. The topological polar surface area (TPSA) is 8.17 Å². The molecule has 0 saturated carbocycles. The van der Waals surface area contributed by atoms with Gasteiger partial charge >= 0.3 is 0 Å². The van der Waals surface area contributed by atoms with Crippen molar-refractivity contribution in [2.24, 2.45) is 0 Å². The molecule has 2 aliphatic rings. The van der Waals surface area contributed by atoms with E-state index in [-0.39, 0.29) is 10.8 Å². The van der Waals surface area contributed by atoms with Crippen LogP contribution in [0.5, 0.6) is 0 Å². The Bertz CT molecular complexity index is 3110. The third-order valence-electron chi connectivity index (χ3n) is 14.2. The number of nitrogens with zero attached hydrogens (tertiary/aromatic N) is 2. The molecule has 63 heavy (non-hydrogen) atoms. The number of anilines is 3. The zero-order valence-electron chi connectivity index (χ0n) is 36.9. The van der Waals surface area contributed by atoms with E-state index in [2.05, 4.69) is 244 Å². The van der Waals surface area contributed by atoms with E-state index >= 15 is 0 Å². The van der Waals surface area contributed by atoms with Gasteiger partial charge in [-0.3, -0.25) is 0 Å². The summed E-state index contributed by atoms with van der Waals surface area (Å²) in [5.74, 6) is 0. The lowest BCUT2D eigenvalue weighted by atomic mass is 9.67. The fraction of sp³-hybridized carbons (Fsp3) is 0.148. The van der Waals surface area contributed by atoms with Crippen molar-refractivity contribution in [3.8, 4) is 33.4 Å². The molecule has 2 aliphatic carbocycles. The van der Waals surface area contributed by atoms with E-state index in [1.165, 1.54) is 88.7 Å². The lowest BCUT2D eigenvalue weighted by molar-refractivity contribution is 0.554. The lowest BCUT2D eigenvalue weighted by Gasteiger charge is -2.37. The first-order chi connectivity index (χ1) is 30.7. The summed E-state index contributed by atoms with van der Waals surface area (Å²) in [7, 11) is 0. The van der Waals surface area contributed by atoms with Gasteiger partial charge in [-0.25, -0.2) is 0 Å². The van der Waals surface area contributed by atoms with Crippen molar-refractivity contribution < 1.29 is 0 Å². The van der Waals surface area contributed by atoms with Gasteiger partial charge in [0.25, 0.3) is 0 Å². The molecule has 0 radical (unpaired) electrons. The molecule has 0 fully saturated rings. The molecule has 0 saturated heterocycles. The van der Waals surface area contributed by atoms with Crippen LogP contribution in [0.25, 0.3) is 60.9 Å². The number of fused-ring (bicyclic) bond motifs is 7. The molecule has 2 heteroatoms. The Labute approximate surface area is 372 Å². The summed E-state index contributed by atoms with van der Waals surface area (Å²) in [5.41, 5.74) is 21.7. The van der Waals surface area contributed by atoms with Crippen LogP contribution < -0.4 is 4.90 Å². The SMILES string of the molecule is C/C(=C\C=C1/CCc2cc3c(cc2C1(C)C)-c1ccc(N(c2ccc(-c4ccccc4)cc2)c2ccc(-c4ccccc4)cc2)cc1C3(C)C)n1c2ccccc2c2ccccc21. The average molecular weight is 813 g/mol. The third kappa shape index (κ3) is 6.47. The number of allylic oxidation sites excluding steroid dienone is 4. The first kappa shape index (κ1) is 38.7. The number of para-hydroxylation sites is 2. The Balaban J connectivity index is 0.965. The second-order valence-corrected chi connectivity index (χ2v) is 18.6. The zero-order valence-corrected chi connectivity index (χ0v) is 36.9. The van der Waals surface area contributed by atoms with Crippen molar-refractivity contribution in [3.63, 3.8) is 0 Å². The average Bonchev–Trinajstić information content (AvgIpc) is 3.77. The molecule has 0 atom stereocenters. The van der Waals surface area contributed by atoms with E-state index in [9.17, 15) is 0 Å². The number of hydrogen-bond acceptors (Lipinski definition) is 1. The maximum Gasteiger partial charge on any atom is 0.0537 e. The molecule has 0 N–H and O–H groups in total. The summed E-state index contributed by atoms with van der Waals surface area (Å²) < 4.78 is 2.42. The molecule has 11 rings (SSSR count). The number of aryl methyl sites for hydroxylation is 1. The van der Waals surface area contributed by atoms with Gasteiger partial charge < -0.3 is 9.47 Å². The zero-order chi connectivity index (χ0) is 42.9. The van der Waals surface area contributed by atoms with Crippen LogP contribution in [-0.4, -0.2) is 4.57 Å². The summed E-state index contributed by atoms with van der Waals surface area (Å²) in [6, 6.07) is 69.2. The summed E-state index contributed by atoms with van der Waals surface area (Å²) in [4.78, 5) is 2.42. The maximum atomic E-state index is 2.56. The molecule has 2 nitrogen and oxygen atoms in total. The van der Waals surface area contributed by atoms with Crippen LogP contribution in [0.3, 0.4) is 0 Å². The molecule has 8 aromatic carbocycles. The fourth-order valence-electron chi connectivity index (χ4n) is 10.7. The van der Waals surface area contributed by atoms with Crippen LogP contribution in [0.2, 0.25) is 0 Å². The van der Waals surface area contributed by atoms with Gasteiger partial charge in [0.1, 0.15) is 0 Å². The highest BCUT2D eigenvalue weighted by Gasteiger charge is 2.40. The van der Waals surface area contributed by atoms with E-state index < -0.39 is 0 Å². The fourth-order valence-corrected chi connectivity index (χ4v) is 10.7. The van der Waals surface area contributed by atoms with Crippen molar-refractivity contribution in [3.05, 3.63) is 228 Å². The van der Waals surface area contributed by atoms with Crippen LogP contribution in [0.4, 0.5) is 17.1 Å². The summed E-state index contributed by atoms with van der Waals surface area (Å²) in [5, 5.41) is 2.60. The summed E-state index contributed by atoms with van der Waals surface area (Å²) in [6.07, 6.45) is 6.87. The maximum absolute atomic E-state index is 2.56. The van der Waals surface area contributed by atoms with E-state index in [1.807, 2.05) is 0 Å². The molecular formula is C61H52N2. The monoisotopic (exact) mass is 812 g/mol. The number of benzene rings is 8. The Hall–Kier alpha value is -7.16. The van der Waals surface area contributed by atoms with Gasteiger partial charge in [0.2, 0.25) is 0 Å². The van der Waals surface area contributed by atoms with Gasteiger partial charge in [0.15, 0.2) is 0 Å². The number of hydrogen-bond donors (Lipinski definition) is 0. The molecule has 9 aromatic rings. The smallest absolute Gasteiger partial charge is 0.0537 e.